The fraction of sp³-hybridized carbons (Fsp3) is 0.500. The van der Waals surface area contributed by atoms with Crippen LogP contribution in [0.3, 0.4) is 0 Å². The molecule has 0 saturated heterocycles. The fourth-order valence-corrected chi connectivity index (χ4v) is 1.46. The summed E-state index contributed by atoms with van der Waals surface area (Å²) in [7, 11) is 0. The van der Waals surface area contributed by atoms with Gasteiger partial charge in [-0.1, -0.05) is 27.2 Å². The van der Waals surface area contributed by atoms with Gasteiger partial charge >= 0.3 is 11.9 Å². The predicted molar refractivity (Wildman–Crippen MR) is 76.8 cm³/mol. The van der Waals surface area contributed by atoms with Crippen LogP contribution in [0.4, 0.5) is 0 Å². The molecule has 0 fully saturated rings. The highest BCUT2D eigenvalue weighted by atomic mass is 16.5. The van der Waals surface area contributed by atoms with Gasteiger partial charge in [-0.15, -0.1) is 0 Å². The first-order valence-electron chi connectivity index (χ1n) is 6.99. The maximum absolute atomic E-state index is 11.7. The van der Waals surface area contributed by atoms with Gasteiger partial charge in [-0.25, -0.2) is 9.59 Å². The molecule has 4 heteroatoms. The Bertz CT molecular complexity index is 434. The van der Waals surface area contributed by atoms with Crippen molar-refractivity contribution in [2.24, 2.45) is 5.92 Å². The molecule has 0 amide bonds. The van der Waals surface area contributed by atoms with E-state index in [-0.39, 0.29) is 11.9 Å². The minimum Gasteiger partial charge on any atom is -0.462 e. The molecule has 1 aromatic carbocycles. The summed E-state index contributed by atoms with van der Waals surface area (Å²) in [6, 6.07) is 6.33. The van der Waals surface area contributed by atoms with Crippen LogP contribution in [0.15, 0.2) is 24.3 Å². The van der Waals surface area contributed by atoms with Crippen LogP contribution in [0.25, 0.3) is 0 Å². The van der Waals surface area contributed by atoms with Gasteiger partial charge in [-0.3, -0.25) is 0 Å². The monoisotopic (exact) mass is 278 g/mol. The number of benzene rings is 1. The lowest BCUT2D eigenvalue weighted by Crippen LogP contribution is -2.11. The number of hydrogen-bond acceptors (Lipinski definition) is 4. The van der Waals surface area contributed by atoms with E-state index >= 15 is 0 Å². The van der Waals surface area contributed by atoms with Crippen molar-refractivity contribution in [1.29, 1.82) is 0 Å². The quantitative estimate of drug-likeness (QED) is 0.566. The van der Waals surface area contributed by atoms with Gasteiger partial charge in [-0.05, 0) is 36.6 Å². The Morgan fingerprint density at radius 3 is 1.95 bits per heavy atom. The van der Waals surface area contributed by atoms with Crippen molar-refractivity contribution in [2.75, 3.05) is 13.2 Å². The van der Waals surface area contributed by atoms with Crippen molar-refractivity contribution in [3.05, 3.63) is 35.4 Å². The van der Waals surface area contributed by atoms with Crippen molar-refractivity contribution < 1.29 is 19.1 Å². The molecule has 20 heavy (non-hydrogen) atoms. The third-order valence-electron chi connectivity index (χ3n) is 2.64. The third-order valence-corrected chi connectivity index (χ3v) is 2.64. The standard InChI is InChI=1S/C16H22O4/c1-4-5-10-19-15(17)13-6-8-14(9-7-13)16(18)20-11-12(2)3/h6-9,12H,4-5,10-11H2,1-3H3. The highest BCUT2D eigenvalue weighted by Gasteiger charge is 2.11. The Labute approximate surface area is 120 Å². The van der Waals surface area contributed by atoms with Gasteiger partial charge in [0.25, 0.3) is 0 Å². The van der Waals surface area contributed by atoms with E-state index < -0.39 is 0 Å². The van der Waals surface area contributed by atoms with Gasteiger partial charge in [0.05, 0.1) is 24.3 Å². The summed E-state index contributed by atoms with van der Waals surface area (Å²) in [4.78, 5) is 23.4. The Balaban J connectivity index is 2.55. The molecule has 4 nitrogen and oxygen atoms in total. The number of unbranched alkanes of at least 4 members (excludes halogenated alkanes) is 1. The number of esters is 2. The molecule has 0 spiro atoms. The van der Waals surface area contributed by atoms with Gasteiger partial charge < -0.3 is 9.47 Å². The number of hydrogen-bond donors (Lipinski definition) is 0. The van der Waals surface area contributed by atoms with E-state index in [1.54, 1.807) is 24.3 Å². The molecule has 0 aliphatic carbocycles. The van der Waals surface area contributed by atoms with Crippen LogP contribution in [0.5, 0.6) is 0 Å². The number of carbonyl (C=O) groups is 2. The lowest BCUT2D eigenvalue weighted by molar-refractivity contribution is 0.0454. The largest absolute Gasteiger partial charge is 0.462 e. The maximum atomic E-state index is 11.7. The second-order valence-corrected chi connectivity index (χ2v) is 5.06. The molecule has 0 aliphatic rings. The predicted octanol–water partition coefficient (Wildman–Crippen LogP) is 3.46. The maximum Gasteiger partial charge on any atom is 0.338 e. The second kappa shape index (κ2) is 8.35. The first-order valence-corrected chi connectivity index (χ1v) is 6.99. The summed E-state index contributed by atoms with van der Waals surface area (Å²) in [5.41, 5.74) is 0.886. The molecule has 0 bridgehead atoms. The van der Waals surface area contributed by atoms with Gasteiger partial charge in [-0.2, -0.15) is 0 Å². The summed E-state index contributed by atoms with van der Waals surface area (Å²) in [5.74, 6) is -0.433. The van der Waals surface area contributed by atoms with Crippen molar-refractivity contribution in [3.8, 4) is 0 Å². The molecule has 0 aromatic heterocycles. The Hall–Kier alpha value is -1.84. The zero-order chi connectivity index (χ0) is 15.0. The van der Waals surface area contributed by atoms with Gasteiger partial charge in [0.2, 0.25) is 0 Å². The Morgan fingerprint density at radius 1 is 1.00 bits per heavy atom. The van der Waals surface area contributed by atoms with E-state index in [4.69, 9.17) is 9.47 Å². The van der Waals surface area contributed by atoms with E-state index in [9.17, 15) is 9.59 Å². The van der Waals surface area contributed by atoms with Crippen LogP contribution in [-0.2, 0) is 9.47 Å². The molecule has 0 N–H and O–H groups in total. The highest BCUT2D eigenvalue weighted by Crippen LogP contribution is 2.08. The first kappa shape index (κ1) is 16.2. The molecule has 1 rings (SSSR count). The molecule has 0 aliphatic heterocycles. The normalized spacial score (nSPS) is 10.4. The van der Waals surface area contributed by atoms with Gasteiger partial charge in [0.15, 0.2) is 0 Å². The summed E-state index contributed by atoms with van der Waals surface area (Å²) in [6.07, 6.45) is 1.83. The van der Waals surface area contributed by atoms with Crippen molar-refractivity contribution in [2.45, 2.75) is 33.6 Å². The molecule has 0 heterocycles. The molecule has 110 valence electrons. The first-order chi connectivity index (χ1) is 9.54. The van der Waals surface area contributed by atoms with Crippen molar-refractivity contribution in [1.82, 2.24) is 0 Å². The Morgan fingerprint density at radius 2 is 1.50 bits per heavy atom. The van der Waals surface area contributed by atoms with Crippen molar-refractivity contribution >= 4 is 11.9 Å². The third kappa shape index (κ3) is 5.43. The van der Waals surface area contributed by atoms with Crippen LogP contribution in [-0.4, -0.2) is 25.2 Å². The zero-order valence-electron chi connectivity index (χ0n) is 12.3. The average Bonchev–Trinajstić information content (AvgIpc) is 2.45. The smallest absolute Gasteiger partial charge is 0.338 e. The van der Waals surface area contributed by atoms with Crippen molar-refractivity contribution in [3.63, 3.8) is 0 Å². The number of carbonyl (C=O) groups excluding carboxylic acids is 2. The summed E-state index contributed by atoms with van der Waals surface area (Å²) in [5, 5.41) is 0. The SMILES string of the molecule is CCCCOC(=O)c1ccc(C(=O)OCC(C)C)cc1. The number of rotatable bonds is 7. The van der Waals surface area contributed by atoms with Gasteiger partial charge in [0, 0.05) is 0 Å². The fourth-order valence-electron chi connectivity index (χ4n) is 1.46. The van der Waals surface area contributed by atoms with E-state index in [2.05, 4.69) is 0 Å². The van der Waals surface area contributed by atoms with Crippen LogP contribution in [0.2, 0.25) is 0 Å². The highest BCUT2D eigenvalue weighted by molar-refractivity contribution is 5.93. The van der Waals surface area contributed by atoms with E-state index in [0.29, 0.717) is 30.3 Å². The van der Waals surface area contributed by atoms with Crippen LogP contribution < -0.4 is 0 Å². The van der Waals surface area contributed by atoms with Crippen LogP contribution in [0, 0.1) is 5.92 Å². The topological polar surface area (TPSA) is 52.6 Å². The van der Waals surface area contributed by atoms with Crippen LogP contribution >= 0.6 is 0 Å². The lowest BCUT2D eigenvalue weighted by Gasteiger charge is -2.08. The summed E-state index contributed by atoms with van der Waals surface area (Å²) < 4.78 is 10.2. The molecule has 1 aromatic rings. The van der Waals surface area contributed by atoms with E-state index in [1.165, 1.54) is 0 Å². The summed E-state index contributed by atoms with van der Waals surface area (Å²) >= 11 is 0. The van der Waals surface area contributed by atoms with E-state index in [1.807, 2.05) is 20.8 Å². The molecular weight excluding hydrogens is 256 g/mol. The molecular formula is C16H22O4. The minimum absolute atomic E-state index is 0.298. The molecule has 0 radical (unpaired) electrons. The van der Waals surface area contributed by atoms with Crippen LogP contribution in [0.1, 0.15) is 54.3 Å². The zero-order valence-corrected chi connectivity index (χ0v) is 12.3. The molecule has 0 atom stereocenters. The summed E-state index contributed by atoms with van der Waals surface area (Å²) in [6.45, 7) is 6.80. The molecule has 0 unspecified atom stereocenters. The lowest BCUT2D eigenvalue weighted by atomic mass is 10.1. The molecule has 0 saturated carbocycles. The second-order valence-electron chi connectivity index (χ2n) is 5.06. The van der Waals surface area contributed by atoms with E-state index in [0.717, 1.165) is 12.8 Å². The number of ether oxygens (including phenoxy) is 2. The Kier molecular flexibility index (Phi) is 6.77. The average molecular weight is 278 g/mol. The minimum atomic E-state index is -0.371. The van der Waals surface area contributed by atoms with Gasteiger partial charge in [0.1, 0.15) is 0 Å².